The van der Waals surface area contributed by atoms with Crippen LogP contribution in [0.4, 0.5) is 0 Å². The molecule has 3 rings (SSSR count). The van der Waals surface area contributed by atoms with E-state index in [1.165, 1.54) is 44.6 Å². The van der Waals surface area contributed by atoms with Gasteiger partial charge in [-0.05, 0) is 65.1 Å². The molecule has 0 N–H and O–H groups in total. The summed E-state index contributed by atoms with van der Waals surface area (Å²) < 4.78 is 6.21. The molecule has 3 aromatic rings. The molecule has 0 bridgehead atoms. The Labute approximate surface area is 182 Å². The van der Waals surface area contributed by atoms with E-state index in [0.29, 0.717) is 0 Å². The molecule has 0 atom stereocenters. The van der Waals surface area contributed by atoms with Crippen molar-refractivity contribution < 1.29 is 8.98 Å². The predicted octanol–water partition coefficient (Wildman–Crippen LogP) is 7.96. The maximum Gasteiger partial charge on any atom is 0.313 e. The number of hydrogen-bond acceptors (Lipinski definition) is 2. The second-order valence-corrected chi connectivity index (χ2v) is 10.3. The number of benzene rings is 3. The van der Waals surface area contributed by atoms with Crippen LogP contribution < -0.4 is 0 Å². The standard InChI is InChI=1S/C27H32O2S/c1-3-4-5-6-9-14-24-19-21-27(22-20-24)30(29-23(2)28,25-15-10-7-11-16-25)26-17-12-8-13-18-26/h7-8,10-13,15-22H,3-6,9,14H2,1-2H3. The highest BCUT2D eigenvalue weighted by Crippen LogP contribution is 2.69. The lowest BCUT2D eigenvalue weighted by atomic mass is 10.1. The first-order valence-corrected chi connectivity index (χ1v) is 12.4. The number of hydrogen-bond donors (Lipinski definition) is 0. The fraction of sp³-hybridized carbons (Fsp3) is 0.296. The molecule has 3 aromatic carbocycles. The zero-order valence-electron chi connectivity index (χ0n) is 18.1. The summed E-state index contributed by atoms with van der Waals surface area (Å²) in [5, 5.41) is 0. The second-order valence-electron chi connectivity index (χ2n) is 7.57. The van der Waals surface area contributed by atoms with Gasteiger partial charge in [-0.2, -0.15) is 0 Å². The van der Waals surface area contributed by atoms with E-state index in [1.807, 2.05) is 36.4 Å². The van der Waals surface area contributed by atoms with Crippen LogP contribution in [0.3, 0.4) is 0 Å². The average molecular weight is 421 g/mol. The van der Waals surface area contributed by atoms with Gasteiger partial charge in [-0.15, -0.1) is 0 Å². The molecule has 0 saturated heterocycles. The van der Waals surface area contributed by atoms with E-state index < -0.39 is 10.3 Å². The summed E-state index contributed by atoms with van der Waals surface area (Å²) in [7, 11) is -2.13. The zero-order chi connectivity index (χ0) is 21.2. The van der Waals surface area contributed by atoms with Crippen LogP contribution in [0.2, 0.25) is 0 Å². The Bertz CT molecular complexity index is 865. The number of aryl methyl sites for hydroxylation is 1. The molecule has 3 heteroatoms. The summed E-state index contributed by atoms with van der Waals surface area (Å²) in [6.07, 6.45) is 7.51. The number of unbranched alkanes of at least 4 members (excludes halogenated alkanes) is 4. The van der Waals surface area contributed by atoms with Crippen molar-refractivity contribution >= 4 is 16.3 Å². The van der Waals surface area contributed by atoms with Gasteiger partial charge in [0.25, 0.3) is 0 Å². The Kier molecular flexibility index (Phi) is 8.15. The summed E-state index contributed by atoms with van der Waals surface area (Å²) in [4.78, 5) is 15.4. The molecule has 0 aliphatic carbocycles. The molecule has 158 valence electrons. The minimum atomic E-state index is -2.13. The van der Waals surface area contributed by atoms with Crippen LogP contribution in [0.1, 0.15) is 51.5 Å². The third-order valence-corrected chi connectivity index (χ3v) is 8.51. The molecule has 30 heavy (non-hydrogen) atoms. The van der Waals surface area contributed by atoms with E-state index in [-0.39, 0.29) is 5.97 Å². The largest absolute Gasteiger partial charge is 0.402 e. The molecule has 0 aliphatic rings. The van der Waals surface area contributed by atoms with Crippen LogP contribution in [-0.4, -0.2) is 5.97 Å². The van der Waals surface area contributed by atoms with Crippen molar-refractivity contribution in [1.82, 2.24) is 0 Å². The summed E-state index contributed by atoms with van der Waals surface area (Å²) in [6, 6.07) is 29.0. The molecule has 0 saturated carbocycles. The van der Waals surface area contributed by atoms with Crippen molar-refractivity contribution in [3.8, 4) is 0 Å². The molecule has 0 radical (unpaired) electrons. The van der Waals surface area contributed by atoms with Crippen LogP contribution in [0.25, 0.3) is 0 Å². The maximum absolute atomic E-state index is 12.3. The van der Waals surface area contributed by atoms with Gasteiger partial charge in [-0.25, -0.2) is 0 Å². The average Bonchev–Trinajstić information content (AvgIpc) is 2.79. The molecular weight excluding hydrogens is 388 g/mol. The van der Waals surface area contributed by atoms with E-state index in [2.05, 4.69) is 55.5 Å². The van der Waals surface area contributed by atoms with Gasteiger partial charge in [0.2, 0.25) is 0 Å². The summed E-state index contributed by atoms with van der Waals surface area (Å²) in [6.45, 7) is 3.74. The van der Waals surface area contributed by atoms with Crippen molar-refractivity contribution in [3.05, 3.63) is 90.5 Å². The topological polar surface area (TPSA) is 26.3 Å². The lowest BCUT2D eigenvalue weighted by molar-refractivity contribution is -0.131. The van der Waals surface area contributed by atoms with Gasteiger partial charge >= 0.3 is 5.97 Å². The van der Waals surface area contributed by atoms with Gasteiger partial charge in [0, 0.05) is 21.6 Å². The van der Waals surface area contributed by atoms with Crippen LogP contribution in [-0.2, 0) is 15.4 Å². The molecule has 0 amide bonds. The first kappa shape index (κ1) is 22.2. The number of rotatable bonds is 10. The Hall–Kier alpha value is -2.52. The second kappa shape index (κ2) is 11.0. The lowest BCUT2D eigenvalue weighted by Crippen LogP contribution is -2.11. The lowest BCUT2D eigenvalue weighted by Gasteiger charge is -2.39. The van der Waals surface area contributed by atoms with E-state index in [0.717, 1.165) is 21.1 Å². The molecule has 0 fully saturated rings. The van der Waals surface area contributed by atoms with E-state index >= 15 is 0 Å². The van der Waals surface area contributed by atoms with Crippen LogP contribution in [0.15, 0.2) is 99.6 Å². The molecule has 0 aliphatic heterocycles. The van der Waals surface area contributed by atoms with Gasteiger partial charge in [-0.1, -0.05) is 81.1 Å². The fourth-order valence-electron chi connectivity index (χ4n) is 3.73. The highest BCUT2D eigenvalue weighted by Gasteiger charge is 2.34. The van der Waals surface area contributed by atoms with Crippen LogP contribution >= 0.6 is 10.3 Å². The molecule has 0 spiro atoms. The molecule has 0 unspecified atom stereocenters. The third-order valence-electron chi connectivity index (χ3n) is 5.22. The highest BCUT2D eigenvalue weighted by atomic mass is 32.3. The minimum absolute atomic E-state index is 0.266. The van der Waals surface area contributed by atoms with E-state index in [4.69, 9.17) is 4.18 Å². The van der Waals surface area contributed by atoms with Crippen LogP contribution in [0.5, 0.6) is 0 Å². The summed E-state index contributed by atoms with van der Waals surface area (Å²) >= 11 is 0. The van der Waals surface area contributed by atoms with E-state index in [9.17, 15) is 4.79 Å². The first-order valence-electron chi connectivity index (χ1n) is 10.9. The fourth-order valence-corrected chi connectivity index (χ4v) is 6.79. The third kappa shape index (κ3) is 5.34. The maximum atomic E-state index is 12.3. The Morgan fingerprint density at radius 3 is 1.70 bits per heavy atom. The quantitative estimate of drug-likeness (QED) is 0.311. The normalized spacial score (nSPS) is 11.8. The number of carbonyl (C=O) groups excluding carboxylic acids is 1. The molecule has 2 nitrogen and oxygen atoms in total. The summed E-state index contributed by atoms with van der Waals surface area (Å²) in [5.41, 5.74) is 1.34. The Balaban J connectivity index is 1.97. The van der Waals surface area contributed by atoms with Gasteiger partial charge in [0.15, 0.2) is 0 Å². The SMILES string of the molecule is CCCCCCCc1ccc(S(OC(C)=O)(c2ccccc2)c2ccccc2)cc1. The van der Waals surface area contributed by atoms with Gasteiger partial charge in [-0.3, -0.25) is 4.79 Å². The highest BCUT2D eigenvalue weighted by molar-refractivity contribution is 8.30. The monoisotopic (exact) mass is 420 g/mol. The number of carbonyl (C=O) groups is 1. The van der Waals surface area contributed by atoms with Gasteiger partial charge in [0.05, 0.1) is 0 Å². The minimum Gasteiger partial charge on any atom is -0.402 e. The van der Waals surface area contributed by atoms with Crippen molar-refractivity contribution in [2.24, 2.45) is 0 Å². The first-order chi connectivity index (χ1) is 14.7. The van der Waals surface area contributed by atoms with Crippen LogP contribution in [0, 0.1) is 0 Å². The Morgan fingerprint density at radius 1 is 0.700 bits per heavy atom. The predicted molar refractivity (Wildman–Crippen MR) is 126 cm³/mol. The molecule has 0 aromatic heterocycles. The summed E-state index contributed by atoms with van der Waals surface area (Å²) in [5.74, 6) is -0.266. The smallest absolute Gasteiger partial charge is 0.313 e. The van der Waals surface area contributed by atoms with Crippen molar-refractivity contribution in [2.75, 3.05) is 0 Å². The van der Waals surface area contributed by atoms with Crippen molar-refractivity contribution in [1.29, 1.82) is 0 Å². The van der Waals surface area contributed by atoms with Gasteiger partial charge in [0.1, 0.15) is 0 Å². The van der Waals surface area contributed by atoms with Gasteiger partial charge < -0.3 is 4.18 Å². The van der Waals surface area contributed by atoms with Crippen molar-refractivity contribution in [3.63, 3.8) is 0 Å². The molecular formula is C27H32O2S. The molecule has 0 heterocycles. The Morgan fingerprint density at radius 2 is 1.20 bits per heavy atom. The van der Waals surface area contributed by atoms with E-state index in [1.54, 1.807) is 0 Å². The van der Waals surface area contributed by atoms with Crippen molar-refractivity contribution in [2.45, 2.75) is 67.1 Å². The zero-order valence-corrected chi connectivity index (χ0v) is 18.9.